The number of benzene rings is 2. The van der Waals surface area contributed by atoms with Crippen LogP contribution in [-0.2, 0) is 4.74 Å². The van der Waals surface area contributed by atoms with Crippen LogP contribution in [0, 0.1) is 0 Å². The Kier molecular flexibility index (Phi) is 8.03. The van der Waals surface area contributed by atoms with Crippen LogP contribution in [0.5, 0.6) is 0 Å². The highest BCUT2D eigenvalue weighted by molar-refractivity contribution is 5.89. The van der Waals surface area contributed by atoms with Gasteiger partial charge in [-0.15, -0.1) is 0 Å². The molecule has 0 atom stereocenters. The van der Waals surface area contributed by atoms with Crippen molar-refractivity contribution < 1.29 is 9.53 Å². The Hall–Kier alpha value is -2.29. The third-order valence-electron chi connectivity index (χ3n) is 4.56. The molecule has 0 unspecified atom stereocenters. The van der Waals surface area contributed by atoms with Gasteiger partial charge in [-0.3, -0.25) is 0 Å². The van der Waals surface area contributed by atoms with Gasteiger partial charge in [-0.2, -0.15) is 0 Å². The topological polar surface area (TPSA) is 38.3 Å². The number of ether oxygens (including phenoxy) is 1. The van der Waals surface area contributed by atoms with E-state index in [0.29, 0.717) is 12.2 Å². The van der Waals surface area contributed by atoms with E-state index in [9.17, 15) is 4.79 Å². The SMILES string of the molecule is CCOC(=O)c1ccc(NC)cc1.c1ccc(C2CCCCC2)cc1. The lowest BCUT2D eigenvalue weighted by Crippen LogP contribution is -2.04. The molecule has 3 nitrogen and oxygen atoms in total. The predicted molar refractivity (Wildman–Crippen MR) is 104 cm³/mol. The standard InChI is InChI=1S/C12H16.C10H13NO2/c1-3-7-11(8-4-1)12-9-5-2-6-10-12;1-3-13-10(12)8-4-6-9(11-2)7-5-8/h1,3-4,7-8,12H,2,5-6,9-10H2;4-7,11H,3H2,1-2H3. The van der Waals surface area contributed by atoms with Crippen molar-refractivity contribution in [2.24, 2.45) is 0 Å². The molecule has 0 aromatic heterocycles. The quantitative estimate of drug-likeness (QED) is 0.733. The Morgan fingerprint density at radius 2 is 1.64 bits per heavy atom. The molecule has 2 aromatic carbocycles. The minimum absolute atomic E-state index is 0.273. The van der Waals surface area contributed by atoms with Crippen molar-refractivity contribution in [2.75, 3.05) is 19.0 Å². The summed E-state index contributed by atoms with van der Waals surface area (Å²) in [6, 6.07) is 18.1. The highest BCUT2D eigenvalue weighted by Crippen LogP contribution is 2.32. The molecular weight excluding hydrogens is 310 g/mol. The molecule has 134 valence electrons. The van der Waals surface area contributed by atoms with Gasteiger partial charge in [0.15, 0.2) is 0 Å². The number of nitrogens with one attached hydrogen (secondary N) is 1. The summed E-state index contributed by atoms with van der Waals surface area (Å²) >= 11 is 0. The van der Waals surface area contributed by atoms with Gasteiger partial charge in [0, 0.05) is 12.7 Å². The fraction of sp³-hybridized carbons (Fsp3) is 0.409. The molecule has 0 bridgehead atoms. The first-order chi connectivity index (χ1) is 12.2. The zero-order chi connectivity index (χ0) is 17.9. The zero-order valence-corrected chi connectivity index (χ0v) is 15.3. The lowest BCUT2D eigenvalue weighted by molar-refractivity contribution is 0.0526. The van der Waals surface area contributed by atoms with Gasteiger partial charge in [0.25, 0.3) is 0 Å². The van der Waals surface area contributed by atoms with Crippen molar-refractivity contribution in [1.29, 1.82) is 0 Å². The minimum Gasteiger partial charge on any atom is -0.462 e. The second-order valence-corrected chi connectivity index (χ2v) is 6.29. The first kappa shape index (κ1) is 19.0. The van der Waals surface area contributed by atoms with Gasteiger partial charge in [0.1, 0.15) is 0 Å². The van der Waals surface area contributed by atoms with Crippen LogP contribution in [0.25, 0.3) is 0 Å². The summed E-state index contributed by atoms with van der Waals surface area (Å²) in [6.45, 7) is 2.20. The second kappa shape index (κ2) is 10.5. The van der Waals surface area contributed by atoms with Crippen LogP contribution in [0.3, 0.4) is 0 Å². The van der Waals surface area contributed by atoms with E-state index in [-0.39, 0.29) is 5.97 Å². The monoisotopic (exact) mass is 339 g/mol. The lowest BCUT2D eigenvalue weighted by Gasteiger charge is -2.21. The molecule has 1 saturated carbocycles. The number of carbonyl (C=O) groups is 1. The summed E-state index contributed by atoms with van der Waals surface area (Å²) < 4.78 is 4.84. The Labute approximate surface area is 151 Å². The largest absolute Gasteiger partial charge is 0.462 e. The van der Waals surface area contributed by atoms with Crippen molar-refractivity contribution in [2.45, 2.75) is 44.9 Å². The number of hydrogen-bond donors (Lipinski definition) is 1. The van der Waals surface area contributed by atoms with Crippen molar-refractivity contribution in [3.63, 3.8) is 0 Å². The molecule has 0 aliphatic heterocycles. The van der Waals surface area contributed by atoms with E-state index < -0.39 is 0 Å². The van der Waals surface area contributed by atoms with Gasteiger partial charge >= 0.3 is 5.97 Å². The molecule has 1 fully saturated rings. The maximum Gasteiger partial charge on any atom is 0.338 e. The zero-order valence-electron chi connectivity index (χ0n) is 15.3. The van der Waals surface area contributed by atoms with Crippen LogP contribution >= 0.6 is 0 Å². The molecule has 0 radical (unpaired) electrons. The fourth-order valence-corrected chi connectivity index (χ4v) is 3.15. The highest BCUT2D eigenvalue weighted by Gasteiger charge is 2.14. The number of carbonyl (C=O) groups excluding carboxylic acids is 1. The van der Waals surface area contributed by atoms with Crippen LogP contribution in [-0.4, -0.2) is 19.6 Å². The second-order valence-electron chi connectivity index (χ2n) is 6.29. The summed E-state index contributed by atoms with van der Waals surface area (Å²) in [6.07, 6.45) is 7.12. The minimum atomic E-state index is -0.273. The number of esters is 1. The number of anilines is 1. The Bertz CT molecular complexity index is 616. The summed E-state index contributed by atoms with van der Waals surface area (Å²) in [4.78, 5) is 11.2. The first-order valence-electron chi connectivity index (χ1n) is 9.24. The summed E-state index contributed by atoms with van der Waals surface area (Å²) in [5, 5.41) is 2.97. The van der Waals surface area contributed by atoms with E-state index in [0.717, 1.165) is 11.6 Å². The summed E-state index contributed by atoms with van der Waals surface area (Å²) in [7, 11) is 1.83. The molecule has 1 aliphatic rings. The average Bonchev–Trinajstić information content (AvgIpc) is 2.70. The van der Waals surface area contributed by atoms with Crippen LogP contribution in [0.2, 0.25) is 0 Å². The molecule has 1 N–H and O–H groups in total. The van der Waals surface area contributed by atoms with E-state index in [1.54, 1.807) is 24.6 Å². The molecule has 3 heteroatoms. The van der Waals surface area contributed by atoms with Crippen LogP contribution in [0.4, 0.5) is 5.69 Å². The molecule has 25 heavy (non-hydrogen) atoms. The molecular formula is C22H29NO2. The smallest absolute Gasteiger partial charge is 0.338 e. The lowest BCUT2D eigenvalue weighted by atomic mass is 9.84. The predicted octanol–water partition coefficient (Wildman–Crippen LogP) is 5.64. The highest BCUT2D eigenvalue weighted by atomic mass is 16.5. The molecule has 0 spiro atoms. The van der Waals surface area contributed by atoms with E-state index in [1.165, 1.54) is 32.1 Å². The van der Waals surface area contributed by atoms with E-state index in [1.807, 2.05) is 19.2 Å². The maximum atomic E-state index is 11.2. The van der Waals surface area contributed by atoms with Crippen molar-refractivity contribution in [3.05, 3.63) is 65.7 Å². The fourth-order valence-electron chi connectivity index (χ4n) is 3.15. The summed E-state index contributed by atoms with van der Waals surface area (Å²) in [5.74, 6) is 0.588. The van der Waals surface area contributed by atoms with Crippen molar-refractivity contribution >= 4 is 11.7 Å². The van der Waals surface area contributed by atoms with Crippen LogP contribution < -0.4 is 5.32 Å². The summed E-state index contributed by atoms with van der Waals surface area (Å²) in [5.41, 5.74) is 3.12. The Morgan fingerprint density at radius 1 is 1.00 bits per heavy atom. The number of rotatable bonds is 4. The Morgan fingerprint density at radius 3 is 2.20 bits per heavy atom. The van der Waals surface area contributed by atoms with Crippen molar-refractivity contribution in [3.8, 4) is 0 Å². The van der Waals surface area contributed by atoms with Gasteiger partial charge in [0.2, 0.25) is 0 Å². The van der Waals surface area contributed by atoms with Crippen LogP contribution in [0.1, 0.15) is 60.9 Å². The molecule has 0 heterocycles. The van der Waals surface area contributed by atoms with Crippen LogP contribution in [0.15, 0.2) is 54.6 Å². The van der Waals surface area contributed by atoms with Gasteiger partial charge in [-0.05, 0) is 55.5 Å². The van der Waals surface area contributed by atoms with E-state index in [4.69, 9.17) is 4.74 Å². The molecule has 2 aromatic rings. The van der Waals surface area contributed by atoms with E-state index in [2.05, 4.69) is 35.6 Å². The van der Waals surface area contributed by atoms with Gasteiger partial charge < -0.3 is 10.1 Å². The third kappa shape index (κ3) is 6.26. The van der Waals surface area contributed by atoms with E-state index >= 15 is 0 Å². The van der Waals surface area contributed by atoms with Gasteiger partial charge in [-0.1, -0.05) is 49.6 Å². The third-order valence-corrected chi connectivity index (χ3v) is 4.56. The molecule has 1 aliphatic carbocycles. The average molecular weight is 339 g/mol. The van der Waals surface area contributed by atoms with Crippen molar-refractivity contribution in [1.82, 2.24) is 0 Å². The Balaban J connectivity index is 0.000000181. The normalized spacial score (nSPS) is 14.2. The van der Waals surface area contributed by atoms with Gasteiger partial charge in [0.05, 0.1) is 12.2 Å². The number of hydrogen-bond acceptors (Lipinski definition) is 3. The maximum absolute atomic E-state index is 11.2. The van der Waals surface area contributed by atoms with Gasteiger partial charge in [-0.25, -0.2) is 4.79 Å². The molecule has 3 rings (SSSR count). The molecule has 0 amide bonds. The first-order valence-corrected chi connectivity index (χ1v) is 9.24. The molecule has 0 saturated heterocycles.